The molecule has 2 fully saturated rings. The summed E-state index contributed by atoms with van der Waals surface area (Å²) in [6.07, 6.45) is 1.17. The van der Waals surface area contributed by atoms with Gasteiger partial charge in [0, 0.05) is 43.2 Å². The highest BCUT2D eigenvalue weighted by Gasteiger charge is 2.36. The summed E-state index contributed by atoms with van der Waals surface area (Å²) in [5, 5.41) is 0. The second-order valence-corrected chi connectivity index (χ2v) is 8.15. The second kappa shape index (κ2) is 7.83. The topological polar surface area (TPSA) is 48.1 Å². The summed E-state index contributed by atoms with van der Waals surface area (Å²) >= 11 is 2.00. The fraction of sp³-hybridized carbons (Fsp3) is 0.611. The van der Waals surface area contributed by atoms with E-state index < -0.39 is 0 Å². The average molecular weight is 366 g/mol. The number of nitrogens with two attached hydrogens (primary N) is 1. The monoisotopic (exact) mass is 365 g/mol. The second-order valence-electron chi connectivity index (χ2n) is 7.05. The van der Waals surface area contributed by atoms with Crippen LogP contribution in [0.5, 0.6) is 0 Å². The molecule has 2 aliphatic rings. The van der Waals surface area contributed by atoms with Gasteiger partial charge in [0.15, 0.2) is 5.96 Å². The molecule has 1 aromatic rings. The molecule has 138 valence electrons. The molecular formula is C18H28FN5S. The number of aliphatic imine (C=N–C) groups is 1. The van der Waals surface area contributed by atoms with Crippen LogP contribution in [0.25, 0.3) is 0 Å². The third-order valence-electron chi connectivity index (χ3n) is 5.36. The Morgan fingerprint density at radius 1 is 1.24 bits per heavy atom. The number of hydrogen-bond acceptors (Lipinski definition) is 4. The van der Waals surface area contributed by atoms with Crippen molar-refractivity contribution in [1.82, 2.24) is 9.80 Å². The largest absolute Gasteiger partial charge is 0.370 e. The maximum atomic E-state index is 13.1. The van der Waals surface area contributed by atoms with Crippen molar-refractivity contribution in [1.29, 1.82) is 0 Å². The van der Waals surface area contributed by atoms with Gasteiger partial charge in [-0.1, -0.05) is 0 Å². The number of rotatable bonds is 4. The number of likely N-dealkylation sites (N-methyl/N-ethyl adjacent to an activating group) is 1. The van der Waals surface area contributed by atoms with Gasteiger partial charge in [0.05, 0.1) is 6.54 Å². The van der Waals surface area contributed by atoms with Crippen molar-refractivity contribution < 1.29 is 4.39 Å². The Bertz CT molecular complexity index is 590. The molecule has 2 heterocycles. The van der Waals surface area contributed by atoms with Crippen molar-refractivity contribution >= 4 is 23.4 Å². The van der Waals surface area contributed by atoms with Gasteiger partial charge in [-0.25, -0.2) is 4.39 Å². The molecule has 5 nitrogen and oxygen atoms in total. The zero-order chi connectivity index (χ0) is 17.9. The Balaban J connectivity index is 1.55. The summed E-state index contributed by atoms with van der Waals surface area (Å²) in [5.74, 6) is 2.77. The zero-order valence-electron chi connectivity index (χ0n) is 15.1. The lowest BCUT2D eigenvalue weighted by Crippen LogP contribution is -2.52. The lowest BCUT2D eigenvalue weighted by molar-refractivity contribution is 0.189. The third kappa shape index (κ3) is 4.20. The van der Waals surface area contributed by atoms with E-state index in [1.165, 1.54) is 24.3 Å². The first-order valence-corrected chi connectivity index (χ1v) is 9.96. The zero-order valence-corrected chi connectivity index (χ0v) is 15.9. The Morgan fingerprint density at radius 3 is 2.48 bits per heavy atom. The first kappa shape index (κ1) is 18.3. The molecule has 1 unspecified atom stereocenters. The highest BCUT2D eigenvalue weighted by atomic mass is 32.2. The molecule has 2 aliphatic heterocycles. The van der Waals surface area contributed by atoms with Gasteiger partial charge < -0.3 is 20.4 Å². The number of hydrogen-bond donors (Lipinski definition) is 1. The molecule has 3 rings (SSSR count). The van der Waals surface area contributed by atoms with E-state index in [9.17, 15) is 4.39 Å². The van der Waals surface area contributed by atoms with Gasteiger partial charge in [-0.15, -0.1) is 0 Å². The highest BCUT2D eigenvalue weighted by Crippen LogP contribution is 2.32. The van der Waals surface area contributed by atoms with Crippen LogP contribution in [0.4, 0.5) is 10.1 Å². The van der Waals surface area contributed by atoms with Gasteiger partial charge in [0.2, 0.25) is 0 Å². The summed E-state index contributed by atoms with van der Waals surface area (Å²) in [5.41, 5.74) is 7.48. The minimum atomic E-state index is -0.196. The fourth-order valence-electron chi connectivity index (χ4n) is 3.39. The predicted molar refractivity (Wildman–Crippen MR) is 105 cm³/mol. The first-order chi connectivity index (χ1) is 12.0. The molecule has 0 aromatic heterocycles. The molecule has 0 saturated carbocycles. The van der Waals surface area contributed by atoms with E-state index in [2.05, 4.69) is 28.8 Å². The van der Waals surface area contributed by atoms with Crippen LogP contribution in [0.3, 0.4) is 0 Å². The van der Waals surface area contributed by atoms with Crippen LogP contribution in [0, 0.1) is 5.82 Å². The van der Waals surface area contributed by atoms with Crippen LogP contribution >= 0.6 is 11.8 Å². The van der Waals surface area contributed by atoms with Gasteiger partial charge in [0.1, 0.15) is 5.82 Å². The van der Waals surface area contributed by atoms with E-state index >= 15 is 0 Å². The molecule has 25 heavy (non-hydrogen) atoms. The number of halogens is 1. The van der Waals surface area contributed by atoms with E-state index in [1.54, 1.807) is 0 Å². The van der Waals surface area contributed by atoms with Crippen molar-refractivity contribution in [2.75, 3.05) is 63.2 Å². The van der Waals surface area contributed by atoms with Crippen molar-refractivity contribution in [3.63, 3.8) is 0 Å². The molecule has 7 heteroatoms. The van der Waals surface area contributed by atoms with Gasteiger partial charge in [-0.2, -0.15) is 11.8 Å². The minimum Gasteiger partial charge on any atom is -0.370 e. The molecular weight excluding hydrogens is 337 g/mol. The molecule has 2 saturated heterocycles. The van der Waals surface area contributed by atoms with E-state index in [0.29, 0.717) is 5.96 Å². The summed E-state index contributed by atoms with van der Waals surface area (Å²) in [6, 6.07) is 6.69. The Kier molecular flexibility index (Phi) is 5.74. The van der Waals surface area contributed by atoms with E-state index in [4.69, 9.17) is 10.7 Å². The van der Waals surface area contributed by atoms with Gasteiger partial charge in [-0.05, 0) is 50.5 Å². The standard InChI is InChI=1S/C18H28FN5S/c1-22(2)18(7-12-25-14-18)13-21-17(20)24-10-8-23(9-11-24)16-5-3-15(19)4-6-16/h3-6H,7-14H2,1-2H3,(H2,20,21). The van der Waals surface area contributed by atoms with Crippen LogP contribution in [0.15, 0.2) is 29.3 Å². The average Bonchev–Trinajstić information content (AvgIpc) is 3.11. The summed E-state index contributed by atoms with van der Waals surface area (Å²) in [7, 11) is 4.28. The maximum Gasteiger partial charge on any atom is 0.191 e. The van der Waals surface area contributed by atoms with Crippen molar-refractivity contribution in [3.05, 3.63) is 30.1 Å². The molecule has 0 aliphatic carbocycles. The number of guanidine groups is 1. The highest BCUT2D eigenvalue weighted by molar-refractivity contribution is 7.99. The van der Waals surface area contributed by atoms with Crippen molar-refractivity contribution in [2.45, 2.75) is 12.0 Å². The third-order valence-corrected chi connectivity index (χ3v) is 6.60. The van der Waals surface area contributed by atoms with Crippen LogP contribution in [-0.4, -0.2) is 79.6 Å². The minimum absolute atomic E-state index is 0.144. The number of benzene rings is 1. The van der Waals surface area contributed by atoms with Crippen LogP contribution in [-0.2, 0) is 0 Å². The molecule has 0 bridgehead atoms. The lowest BCUT2D eigenvalue weighted by Gasteiger charge is -2.38. The van der Waals surface area contributed by atoms with E-state index in [1.807, 2.05) is 23.9 Å². The SMILES string of the molecule is CN(C)C1(CN=C(N)N2CCN(c3ccc(F)cc3)CC2)CCSC1. The van der Waals surface area contributed by atoms with Crippen LogP contribution < -0.4 is 10.6 Å². The van der Waals surface area contributed by atoms with Gasteiger partial charge in [0.25, 0.3) is 0 Å². The fourth-order valence-corrected chi connectivity index (χ4v) is 4.93. The van der Waals surface area contributed by atoms with Crippen molar-refractivity contribution in [2.24, 2.45) is 10.7 Å². The van der Waals surface area contributed by atoms with Crippen molar-refractivity contribution in [3.8, 4) is 0 Å². The lowest BCUT2D eigenvalue weighted by atomic mass is 9.98. The molecule has 1 atom stereocenters. The summed E-state index contributed by atoms with van der Waals surface area (Å²) in [4.78, 5) is 11.5. The maximum absolute atomic E-state index is 13.1. The summed E-state index contributed by atoms with van der Waals surface area (Å²) in [6.45, 7) is 4.19. The first-order valence-electron chi connectivity index (χ1n) is 8.81. The summed E-state index contributed by atoms with van der Waals surface area (Å²) < 4.78 is 13.1. The Labute approximate surface area is 154 Å². The molecule has 0 spiro atoms. The Hall–Kier alpha value is -1.47. The number of nitrogens with zero attached hydrogens (tertiary/aromatic N) is 4. The van der Waals surface area contributed by atoms with Crippen LogP contribution in [0.2, 0.25) is 0 Å². The quantitative estimate of drug-likeness (QED) is 0.650. The Morgan fingerprint density at radius 2 is 1.92 bits per heavy atom. The van der Waals surface area contributed by atoms with E-state index in [-0.39, 0.29) is 11.4 Å². The van der Waals surface area contributed by atoms with E-state index in [0.717, 1.165) is 44.2 Å². The molecule has 0 amide bonds. The van der Waals surface area contributed by atoms with Crippen LogP contribution in [0.1, 0.15) is 6.42 Å². The number of thioether (sulfide) groups is 1. The number of anilines is 1. The smallest absolute Gasteiger partial charge is 0.191 e. The number of piperazine rings is 1. The van der Waals surface area contributed by atoms with Gasteiger partial charge >= 0.3 is 0 Å². The van der Waals surface area contributed by atoms with Gasteiger partial charge in [-0.3, -0.25) is 4.99 Å². The molecule has 1 aromatic carbocycles. The predicted octanol–water partition coefficient (Wildman–Crippen LogP) is 1.70. The molecule has 0 radical (unpaired) electrons. The molecule has 2 N–H and O–H groups in total. The normalized spacial score (nSPS) is 25.0.